The summed E-state index contributed by atoms with van der Waals surface area (Å²) in [5.41, 5.74) is 0.352. The summed E-state index contributed by atoms with van der Waals surface area (Å²) < 4.78 is 0. The Morgan fingerprint density at radius 3 is 1.57 bits per heavy atom. The fourth-order valence-electron chi connectivity index (χ4n) is 0.837. The van der Waals surface area contributed by atoms with Crippen molar-refractivity contribution in [2.24, 2.45) is 0 Å². The van der Waals surface area contributed by atoms with Gasteiger partial charge in [-0.3, -0.25) is 4.79 Å². The molecule has 0 aliphatic carbocycles. The first-order chi connectivity index (χ1) is 6.30. The van der Waals surface area contributed by atoms with Crippen LogP contribution in [0.4, 0.5) is 0 Å². The van der Waals surface area contributed by atoms with Crippen LogP contribution in [0, 0.1) is 0 Å². The molecule has 0 atom stereocenters. The largest absolute Gasteiger partial charge is 0.748 e. The van der Waals surface area contributed by atoms with E-state index in [1.807, 2.05) is 30.3 Å². The number of aromatic carboxylic acids is 1. The summed E-state index contributed by atoms with van der Waals surface area (Å²) >= 11 is 0. The molecule has 0 aliphatic heterocycles. The quantitative estimate of drug-likeness (QED) is 0.603. The molecule has 2 nitrogen and oxygen atoms in total. The second-order valence-electron chi connectivity index (χ2n) is 2.44. The van der Waals surface area contributed by atoms with Crippen LogP contribution in [0.3, 0.4) is 0 Å². The Balaban J connectivity index is 0.000000246. The Kier molecular flexibility index (Phi) is 6.46. The zero-order valence-electron chi connectivity index (χ0n) is 7.41. The van der Waals surface area contributed by atoms with Crippen LogP contribution in [0.2, 0.25) is 0 Å². The topological polar surface area (TPSA) is 37.3 Å². The Bertz CT molecular complexity index is 305. The van der Waals surface area contributed by atoms with Gasteiger partial charge in [-0.05, 0) is 0 Å². The van der Waals surface area contributed by atoms with Gasteiger partial charge in [-0.25, -0.2) is 12.1 Å². The normalized spacial score (nSPS) is 8.00. The molecule has 0 amide bonds. The van der Waals surface area contributed by atoms with E-state index in [2.05, 4.69) is 0 Å². The minimum Gasteiger partial charge on any atom is -0.748 e. The zero-order chi connectivity index (χ0) is 9.52. The van der Waals surface area contributed by atoms with Crippen LogP contribution in [0.15, 0.2) is 54.6 Å². The average Bonchev–Trinajstić information content (AvgIpc) is 2.82. The van der Waals surface area contributed by atoms with Crippen LogP contribution in [0.5, 0.6) is 0 Å². The minimum absolute atomic E-state index is 0. The van der Waals surface area contributed by atoms with Crippen LogP contribution in [-0.4, -0.2) is 11.1 Å². The Hall–Kier alpha value is -1.31. The fourth-order valence-corrected chi connectivity index (χ4v) is 0.837. The molecule has 0 aliphatic rings. The van der Waals surface area contributed by atoms with E-state index < -0.39 is 5.97 Å². The molecule has 0 saturated heterocycles. The summed E-state index contributed by atoms with van der Waals surface area (Å²) in [5, 5.41) is 8.27. The Morgan fingerprint density at radius 1 is 1.00 bits per heavy atom. The first-order valence-corrected chi connectivity index (χ1v) is 3.92. The number of rotatable bonds is 1. The van der Waals surface area contributed by atoms with E-state index in [1.54, 1.807) is 24.3 Å². The molecule has 0 spiro atoms. The van der Waals surface area contributed by atoms with Gasteiger partial charge < -0.3 is 35.4 Å². The molecule has 14 heavy (non-hydrogen) atoms. The van der Waals surface area contributed by atoms with Crippen LogP contribution < -0.4 is 0 Å². The Labute approximate surface area is 93.4 Å². The van der Waals surface area contributed by atoms with E-state index in [0.29, 0.717) is 5.56 Å². The molecule has 0 radical (unpaired) electrons. The van der Waals surface area contributed by atoms with E-state index in [0.717, 1.165) is 0 Å². The maximum Gasteiger partial charge on any atom is 0.278 e. The molecular formula is C11H10FeO2-6. The van der Waals surface area contributed by atoms with Crippen LogP contribution in [0.1, 0.15) is 10.4 Å². The number of carboxylic acid groups (broad SMARTS) is 1. The van der Waals surface area contributed by atoms with Crippen molar-refractivity contribution < 1.29 is 27.0 Å². The molecule has 3 heteroatoms. The molecule has 2 aromatic rings. The van der Waals surface area contributed by atoms with E-state index in [1.165, 1.54) is 0 Å². The van der Waals surface area contributed by atoms with Crippen molar-refractivity contribution in [3.05, 3.63) is 60.2 Å². The molecule has 0 aromatic heterocycles. The minimum atomic E-state index is -0.866. The predicted octanol–water partition coefficient (Wildman–Crippen LogP) is 2.51. The van der Waals surface area contributed by atoms with Gasteiger partial charge in [0.1, 0.15) is 0 Å². The first kappa shape index (κ1) is 12.7. The summed E-state index contributed by atoms with van der Waals surface area (Å²) in [6.45, 7) is 0. The van der Waals surface area contributed by atoms with Gasteiger partial charge in [0.05, 0.1) is 0 Å². The van der Waals surface area contributed by atoms with Crippen molar-refractivity contribution in [1.29, 1.82) is 0 Å². The average molecular weight is 230 g/mol. The molecule has 0 bridgehead atoms. The maximum absolute atomic E-state index is 10.1. The molecule has 0 heterocycles. The SMILES string of the molecule is O=C(O)[c-]1cccc1.[Fe].[cH-]1[cH-][cH-][cH-][cH-]1. The second-order valence-corrected chi connectivity index (χ2v) is 2.44. The third kappa shape index (κ3) is 4.65. The predicted molar refractivity (Wildman–Crippen MR) is 51.0 cm³/mol. The van der Waals surface area contributed by atoms with Gasteiger partial charge in [-0.15, -0.1) is 0 Å². The van der Waals surface area contributed by atoms with E-state index in [4.69, 9.17) is 5.11 Å². The fraction of sp³-hybridized carbons (Fsp3) is 0. The number of carbonyl (C=O) groups is 1. The van der Waals surface area contributed by atoms with Crippen molar-refractivity contribution >= 4 is 5.97 Å². The van der Waals surface area contributed by atoms with Crippen LogP contribution in [0.25, 0.3) is 0 Å². The van der Waals surface area contributed by atoms with Gasteiger partial charge in [0, 0.05) is 17.1 Å². The number of hydrogen-bond acceptors (Lipinski definition) is 1. The molecule has 0 fully saturated rings. The second kappa shape index (κ2) is 7.13. The molecule has 1 N–H and O–H groups in total. The van der Waals surface area contributed by atoms with Crippen molar-refractivity contribution in [3.8, 4) is 0 Å². The molecule has 2 aromatic carbocycles. The van der Waals surface area contributed by atoms with Crippen molar-refractivity contribution in [2.75, 3.05) is 0 Å². The van der Waals surface area contributed by atoms with E-state index in [-0.39, 0.29) is 17.1 Å². The Morgan fingerprint density at radius 2 is 1.36 bits per heavy atom. The van der Waals surface area contributed by atoms with Gasteiger partial charge in [-0.2, -0.15) is 12.1 Å². The van der Waals surface area contributed by atoms with Crippen LogP contribution in [-0.2, 0) is 17.1 Å². The zero-order valence-corrected chi connectivity index (χ0v) is 8.51. The summed E-state index contributed by atoms with van der Waals surface area (Å²) in [5.74, 6) is -0.866. The van der Waals surface area contributed by atoms with E-state index in [9.17, 15) is 4.79 Å². The summed E-state index contributed by atoms with van der Waals surface area (Å²) in [6, 6.07) is 16.5. The van der Waals surface area contributed by atoms with Gasteiger partial charge in [-0.1, -0.05) is 5.56 Å². The summed E-state index contributed by atoms with van der Waals surface area (Å²) in [6.07, 6.45) is 0. The van der Waals surface area contributed by atoms with Gasteiger partial charge in [0.2, 0.25) is 0 Å². The van der Waals surface area contributed by atoms with Crippen molar-refractivity contribution in [1.82, 2.24) is 0 Å². The summed E-state index contributed by atoms with van der Waals surface area (Å²) in [4.78, 5) is 10.1. The molecule has 2 rings (SSSR count). The van der Waals surface area contributed by atoms with E-state index >= 15 is 0 Å². The molecule has 80 valence electrons. The standard InChI is InChI=1S/C6H5O2.C5H5.Fe/c7-6(8)5-3-1-2-4-5;1-2-4-5-3-1;/h1-4H,(H,7,8);1-5H;/q-1;-5;. The van der Waals surface area contributed by atoms with Crippen molar-refractivity contribution in [3.63, 3.8) is 0 Å². The van der Waals surface area contributed by atoms with Crippen LogP contribution >= 0.6 is 0 Å². The molecule has 0 unspecified atom stereocenters. The van der Waals surface area contributed by atoms with Crippen molar-refractivity contribution in [2.45, 2.75) is 0 Å². The van der Waals surface area contributed by atoms with Gasteiger partial charge >= 0.3 is 0 Å². The van der Waals surface area contributed by atoms with Gasteiger partial charge in [0.15, 0.2) is 0 Å². The first-order valence-electron chi connectivity index (χ1n) is 3.92. The molecule has 0 saturated carbocycles. The number of hydrogen-bond donors (Lipinski definition) is 1. The maximum atomic E-state index is 10.1. The molecular weight excluding hydrogens is 220 g/mol. The third-order valence-electron chi connectivity index (χ3n) is 1.47. The third-order valence-corrected chi connectivity index (χ3v) is 1.47. The summed E-state index contributed by atoms with van der Waals surface area (Å²) in [7, 11) is 0. The smallest absolute Gasteiger partial charge is 0.278 e. The number of carboxylic acids is 1. The van der Waals surface area contributed by atoms with Gasteiger partial charge in [0.25, 0.3) is 5.97 Å². The monoisotopic (exact) mass is 230 g/mol.